The second-order valence-corrected chi connectivity index (χ2v) is 12.1. The van der Waals surface area contributed by atoms with E-state index in [1.54, 1.807) is 19.2 Å². The lowest BCUT2D eigenvalue weighted by Gasteiger charge is -2.37. The number of aromatic hydroxyl groups is 1. The summed E-state index contributed by atoms with van der Waals surface area (Å²) in [6, 6.07) is 26.3. The highest BCUT2D eigenvalue weighted by Gasteiger charge is 2.46. The lowest BCUT2D eigenvalue weighted by molar-refractivity contribution is -0.152. The van der Waals surface area contributed by atoms with E-state index in [1.807, 2.05) is 100 Å². The van der Waals surface area contributed by atoms with E-state index >= 15 is 0 Å². The zero-order chi connectivity index (χ0) is 32.5. The second kappa shape index (κ2) is 12.2. The molecule has 0 spiro atoms. The Bertz CT molecular complexity index is 1740. The van der Waals surface area contributed by atoms with Crippen LogP contribution in [0.25, 0.3) is 0 Å². The predicted octanol–water partition coefficient (Wildman–Crippen LogP) is 7.96. The Balaban J connectivity index is 0.000000178. The monoisotopic (exact) mass is 610 g/mol. The van der Waals surface area contributed by atoms with Gasteiger partial charge in [0.25, 0.3) is 0 Å². The van der Waals surface area contributed by atoms with Gasteiger partial charge in [-0.3, -0.25) is 9.59 Å². The molecule has 2 unspecified atom stereocenters. The number of phenolic OH excluding ortho intramolecular Hbond substituents is 1. The standard InChI is InChI=1S/C19H20O4.C18H18O4/c1-19(2,18(20)22-4)16-12-8-5-6-10-14(12)23-17-13(16)9-7-11-15(17)21-3;1-18(2,17(20)21-3)15-11-7-4-5-10-14(11)22-16-12(15)8-6-9-13(16)19/h5-11,16H,1-4H3;4-10,15,19H,1-3H3. The summed E-state index contributed by atoms with van der Waals surface area (Å²) in [5.74, 6) is 2.19. The molecule has 0 fully saturated rings. The number of hydrogen-bond donors (Lipinski definition) is 1. The van der Waals surface area contributed by atoms with Gasteiger partial charge in [0, 0.05) is 34.1 Å². The Labute approximate surface area is 263 Å². The number of benzene rings is 4. The molecule has 0 aromatic heterocycles. The molecule has 8 heteroatoms. The van der Waals surface area contributed by atoms with Crippen LogP contribution in [-0.4, -0.2) is 38.4 Å². The smallest absolute Gasteiger partial charge is 0.312 e. The number of ether oxygens (including phenoxy) is 5. The molecule has 1 N–H and O–H groups in total. The Kier molecular flexibility index (Phi) is 8.52. The first kappa shape index (κ1) is 31.4. The molecule has 6 rings (SSSR count). The van der Waals surface area contributed by atoms with E-state index in [2.05, 4.69) is 0 Å². The van der Waals surface area contributed by atoms with Crippen LogP contribution in [0.5, 0.6) is 34.5 Å². The Morgan fingerprint density at radius 3 is 1.51 bits per heavy atom. The van der Waals surface area contributed by atoms with Crippen molar-refractivity contribution in [3.63, 3.8) is 0 Å². The molecule has 0 saturated heterocycles. The molecule has 234 valence electrons. The normalized spacial score (nSPS) is 16.1. The van der Waals surface area contributed by atoms with E-state index in [0.717, 1.165) is 28.0 Å². The first-order valence-electron chi connectivity index (χ1n) is 14.7. The summed E-state index contributed by atoms with van der Waals surface area (Å²) >= 11 is 0. The molecule has 45 heavy (non-hydrogen) atoms. The van der Waals surface area contributed by atoms with Crippen LogP contribution in [0, 0.1) is 10.8 Å². The second-order valence-electron chi connectivity index (χ2n) is 12.1. The van der Waals surface area contributed by atoms with Gasteiger partial charge in [0.2, 0.25) is 0 Å². The minimum Gasteiger partial charge on any atom is -0.504 e. The molecule has 0 saturated carbocycles. The lowest BCUT2D eigenvalue weighted by Crippen LogP contribution is -2.34. The molecule has 4 aromatic carbocycles. The summed E-state index contributed by atoms with van der Waals surface area (Å²) in [7, 11) is 4.42. The largest absolute Gasteiger partial charge is 0.504 e. The van der Waals surface area contributed by atoms with Crippen LogP contribution in [0.15, 0.2) is 84.9 Å². The summed E-state index contributed by atoms with van der Waals surface area (Å²) in [5, 5.41) is 10.1. The van der Waals surface area contributed by atoms with Crippen molar-refractivity contribution in [3.8, 4) is 34.5 Å². The van der Waals surface area contributed by atoms with E-state index in [0.29, 0.717) is 23.0 Å². The SMILES string of the molecule is COC(=O)C(C)(C)C1c2ccccc2Oc2c(O)cccc21.COC(=O)C(C)(C)C1c2ccccc2Oc2c(OC)cccc21. The van der Waals surface area contributed by atoms with Crippen molar-refractivity contribution in [2.45, 2.75) is 39.5 Å². The number of phenols is 1. The Morgan fingerprint density at radius 1 is 0.600 bits per heavy atom. The fourth-order valence-corrected chi connectivity index (χ4v) is 6.41. The van der Waals surface area contributed by atoms with Gasteiger partial charge < -0.3 is 28.8 Å². The minimum absolute atomic E-state index is 0.0673. The number of carbonyl (C=O) groups is 2. The van der Waals surface area contributed by atoms with E-state index in [4.69, 9.17) is 23.7 Å². The summed E-state index contributed by atoms with van der Waals surface area (Å²) in [4.78, 5) is 24.7. The summed E-state index contributed by atoms with van der Waals surface area (Å²) < 4.78 is 27.4. The predicted molar refractivity (Wildman–Crippen MR) is 169 cm³/mol. The van der Waals surface area contributed by atoms with Crippen LogP contribution in [0.2, 0.25) is 0 Å². The van der Waals surface area contributed by atoms with E-state index in [9.17, 15) is 14.7 Å². The first-order chi connectivity index (χ1) is 21.5. The average molecular weight is 611 g/mol. The third-order valence-electron chi connectivity index (χ3n) is 8.63. The number of rotatable bonds is 5. The van der Waals surface area contributed by atoms with Crippen molar-refractivity contribution >= 4 is 11.9 Å². The fraction of sp³-hybridized carbons (Fsp3) is 0.297. The Morgan fingerprint density at radius 2 is 1.02 bits per heavy atom. The van der Waals surface area contributed by atoms with Gasteiger partial charge in [-0.15, -0.1) is 0 Å². The molecule has 2 heterocycles. The number of para-hydroxylation sites is 4. The maximum atomic E-state index is 12.4. The van der Waals surface area contributed by atoms with Gasteiger partial charge in [-0.1, -0.05) is 60.7 Å². The molecule has 2 aliphatic heterocycles. The van der Waals surface area contributed by atoms with Crippen molar-refractivity contribution in [2.75, 3.05) is 21.3 Å². The van der Waals surface area contributed by atoms with Crippen molar-refractivity contribution < 1.29 is 38.4 Å². The van der Waals surface area contributed by atoms with Gasteiger partial charge in [0.15, 0.2) is 23.0 Å². The number of methoxy groups -OCH3 is 3. The van der Waals surface area contributed by atoms with Crippen LogP contribution in [0.4, 0.5) is 0 Å². The van der Waals surface area contributed by atoms with E-state index in [1.165, 1.54) is 14.2 Å². The van der Waals surface area contributed by atoms with Gasteiger partial charge in [-0.05, 0) is 52.0 Å². The van der Waals surface area contributed by atoms with Crippen LogP contribution in [-0.2, 0) is 19.1 Å². The molecular formula is C37H38O8. The van der Waals surface area contributed by atoms with Crippen molar-refractivity contribution in [1.82, 2.24) is 0 Å². The maximum absolute atomic E-state index is 12.4. The number of fused-ring (bicyclic) bond motifs is 4. The number of esters is 2. The average Bonchev–Trinajstić information content (AvgIpc) is 3.05. The van der Waals surface area contributed by atoms with E-state index < -0.39 is 10.8 Å². The van der Waals surface area contributed by atoms with Gasteiger partial charge in [-0.2, -0.15) is 0 Å². The molecule has 4 aromatic rings. The van der Waals surface area contributed by atoms with Gasteiger partial charge in [0.05, 0.1) is 32.2 Å². The van der Waals surface area contributed by atoms with Gasteiger partial charge >= 0.3 is 11.9 Å². The third-order valence-corrected chi connectivity index (χ3v) is 8.63. The van der Waals surface area contributed by atoms with Gasteiger partial charge in [-0.25, -0.2) is 0 Å². The molecule has 2 aliphatic rings. The Hall–Kier alpha value is -4.98. The zero-order valence-electron chi connectivity index (χ0n) is 26.5. The molecule has 0 radical (unpaired) electrons. The summed E-state index contributed by atoms with van der Waals surface area (Å²) in [6.45, 7) is 7.49. The lowest BCUT2D eigenvalue weighted by atomic mass is 9.70. The van der Waals surface area contributed by atoms with Gasteiger partial charge in [0.1, 0.15) is 11.5 Å². The third kappa shape index (κ3) is 5.45. The van der Waals surface area contributed by atoms with Crippen molar-refractivity contribution in [1.29, 1.82) is 0 Å². The molecule has 0 amide bonds. The maximum Gasteiger partial charge on any atom is 0.312 e. The molecule has 0 bridgehead atoms. The molecular weight excluding hydrogens is 572 g/mol. The number of hydrogen-bond acceptors (Lipinski definition) is 8. The van der Waals surface area contributed by atoms with E-state index in [-0.39, 0.29) is 29.5 Å². The highest BCUT2D eigenvalue weighted by molar-refractivity contribution is 5.80. The zero-order valence-corrected chi connectivity index (χ0v) is 26.5. The van der Waals surface area contributed by atoms with Crippen LogP contribution in [0.3, 0.4) is 0 Å². The fourth-order valence-electron chi connectivity index (χ4n) is 6.41. The van der Waals surface area contributed by atoms with Crippen molar-refractivity contribution in [3.05, 3.63) is 107 Å². The molecule has 2 atom stereocenters. The quantitative estimate of drug-likeness (QED) is 0.227. The van der Waals surface area contributed by atoms with Crippen LogP contribution >= 0.6 is 0 Å². The minimum atomic E-state index is -0.794. The summed E-state index contributed by atoms with van der Waals surface area (Å²) in [6.07, 6.45) is 0. The topological polar surface area (TPSA) is 101 Å². The highest BCUT2D eigenvalue weighted by atomic mass is 16.5. The number of carbonyl (C=O) groups excluding carboxylic acids is 2. The molecule has 0 aliphatic carbocycles. The molecule has 8 nitrogen and oxygen atoms in total. The highest BCUT2D eigenvalue weighted by Crippen LogP contribution is 2.55. The van der Waals surface area contributed by atoms with Crippen LogP contribution in [0.1, 0.15) is 61.8 Å². The first-order valence-corrected chi connectivity index (χ1v) is 14.7. The van der Waals surface area contributed by atoms with Crippen LogP contribution < -0.4 is 14.2 Å². The van der Waals surface area contributed by atoms with Crippen molar-refractivity contribution in [2.24, 2.45) is 10.8 Å². The summed E-state index contributed by atoms with van der Waals surface area (Å²) in [5.41, 5.74) is 2.07.